The molecule has 2 rings (SSSR count). The normalized spacial score (nSPS) is 11.2. The molecule has 0 unspecified atom stereocenters. The van der Waals surface area contributed by atoms with Crippen molar-refractivity contribution in [2.24, 2.45) is 0 Å². The predicted octanol–water partition coefficient (Wildman–Crippen LogP) is 4.24. The maximum Gasteiger partial charge on any atom is 0.336 e. The van der Waals surface area contributed by atoms with Gasteiger partial charge in [-0.05, 0) is 55.7 Å². The minimum atomic E-state index is -1.10. The number of carboxylic acids is 1. The van der Waals surface area contributed by atoms with E-state index in [1.54, 1.807) is 44.2 Å². The van der Waals surface area contributed by atoms with Crippen LogP contribution in [0.4, 0.5) is 5.69 Å². The molecule has 0 atom stereocenters. The number of nitrogens with zero attached hydrogens (tertiary/aromatic N) is 1. The summed E-state index contributed by atoms with van der Waals surface area (Å²) in [5.74, 6) is -0.435. The van der Waals surface area contributed by atoms with Crippen molar-refractivity contribution in [1.82, 2.24) is 0 Å². The summed E-state index contributed by atoms with van der Waals surface area (Å²) < 4.78 is 5.41. The Hall–Kier alpha value is -3.15. The van der Waals surface area contributed by atoms with Gasteiger partial charge in [-0.1, -0.05) is 18.2 Å². The molecule has 0 fully saturated rings. The van der Waals surface area contributed by atoms with E-state index in [1.165, 1.54) is 12.1 Å². The monoisotopic (exact) mass is 341 g/mol. The molecule has 6 nitrogen and oxygen atoms in total. The van der Waals surface area contributed by atoms with E-state index in [4.69, 9.17) is 4.74 Å². The second-order valence-corrected chi connectivity index (χ2v) is 5.58. The lowest BCUT2D eigenvalue weighted by atomic mass is 9.97. The summed E-state index contributed by atoms with van der Waals surface area (Å²) in [6, 6.07) is 9.81. The first kappa shape index (κ1) is 18.2. The van der Waals surface area contributed by atoms with E-state index in [1.807, 2.05) is 6.92 Å². The van der Waals surface area contributed by atoms with E-state index < -0.39 is 10.9 Å². The van der Waals surface area contributed by atoms with Crippen LogP contribution < -0.4 is 4.74 Å². The average molecular weight is 341 g/mol. The third-order valence-corrected chi connectivity index (χ3v) is 3.77. The molecule has 0 saturated carbocycles. The van der Waals surface area contributed by atoms with E-state index in [0.29, 0.717) is 29.0 Å². The van der Waals surface area contributed by atoms with E-state index >= 15 is 0 Å². The molecule has 0 aliphatic heterocycles. The first-order valence-electron chi connectivity index (χ1n) is 7.77. The van der Waals surface area contributed by atoms with Gasteiger partial charge >= 0.3 is 5.97 Å². The lowest BCUT2D eigenvalue weighted by molar-refractivity contribution is -0.385. The van der Waals surface area contributed by atoms with Crippen LogP contribution in [0, 0.1) is 24.0 Å². The zero-order valence-corrected chi connectivity index (χ0v) is 14.3. The number of ether oxygens (including phenoxy) is 1. The van der Waals surface area contributed by atoms with E-state index in [0.717, 1.165) is 5.56 Å². The van der Waals surface area contributed by atoms with Gasteiger partial charge in [-0.2, -0.15) is 0 Å². The summed E-state index contributed by atoms with van der Waals surface area (Å²) in [5.41, 5.74) is 2.31. The molecule has 1 N–H and O–H groups in total. The Morgan fingerprint density at radius 1 is 1.20 bits per heavy atom. The zero-order valence-electron chi connectivity index (χ0n) is 14.3. The Morgan fingerprint density at radius 2 is 1.92 bits per heavy atom. The summed E-state index contributed by atoms with van der Waals surface area (Å²) in [7, 11) is 0. The number of carboxylic acid groups (broad SMARTS) is 1. The van der Waals surface area contributed by atoms with Crippen molar-refractivity contribution in [2.75, 3.05) is 6.61 Å². The van der Waals surface area contributed by atoms with Crippen LogP contribution in [0.1, 0.15) is 29.2 Å². The number of aliphatic carboxylic acids is 1. The lowest BCUT2D eigenvalue weighted by Crippen LogP contribution is -2.02. The molecule has 130 valence electrons. The number of carbonyl (C=O) groups is 1. The highest BCUT2D eigenvalue weighted by Crippen LogP contribution is 2.27. The van der Waals surface area contributed by atoms with Gasteiger partial charge in [0, 0.05) is 11.6 Å². The molecule has 0 aliphatic rings. The highest BCUT2D eigenvalue weighted by Gasteiger charge is 2.16. The highest BCUT2D eigenvalue weighted by molar-refractivity contribution is 6.21. The van der Waals surface area contributed by atoms with E-state index in [9.17, 15) is 20.0 Å². The van der Waals surface area contributed by atoms with Gasteiger partial charge in [0.2, 0.25) is 0 Å². The first-order chi connectivity index (χ1) is 11.8. The van der Waals surface area contributed by atoms with Crippen LogP contribution in [0.2, 0.25) is 0 Å². The Morgan fingerprint density at radius 3 is 2.48 bits per heavy atom. The fraction of sp³-hybridized carbons (Fsp3) is 0.211. The molecule has 0 saturated heterocycles. The minimum Gasteiger partial charge on any atom is -0.494 e. The molecule has 6 heteroatoms. The molecule has 0 bridgehead atoms. The maximum atomic E-state index is 11.7. The van der Waals surface area contributed by atoms with Crippen molar-refractivity contribution in [3.05, 3.63) is 68.8 Å². The van der Waals surface area contributed by atoms with Crippen LogP contribution >= 0.6 is 0 Å². The van der Waals surface area contributed by atoms with Crippen molar-refractivity contribution in [1.29, 1.82) is 0 Å². The van der Waals surface area contributed by atoms with Gasteiger partial charge in [0.05, 0.1) is 17.1 Å². The number of benzene rings is 2. The fourth-order valence-corrected chi connectivity index (χ4v) is 2.53. The Balaban J connectivity index is 2.52. The van der Waals surface area contributed by atoms with Crippen LogP contribution in [0.15, 0.2) is 36.4 Å². The molecule has 2 aromatic rings. The van der Waals surface area contributed by atoms with Gasteiger partial charge in [-0.3, -0.25) is 10.1 Å². The van der Waals surface area contributed by atoms with Crippen LogP contribution in [0.25, 0.3) is 11.6 Å². The molecular formula is C19H19NO5. The number of hydrogen-bond donors (Lipinski definition) is 1. The van der Waals surface area contributed by atoms with Gasteiger partial charge in [-0.15, -0.1) is 0 Å². The Bertz CT molecular complexity index is 855. The minimum absolute atomic E-state index is 0.0399. The van der Waals surface area contributed by atoms with Crippen LogP contribution in [0.3, 0.4) is 0 Å². The van der Waals surface area contributed by atoms with Crippen molar-refractivity contribution in [2.45, 2.75) is 20.8 Å². The fourth-order valence-electron chi connectivity index (χ4n) is 2.53. The van der Waals surface area contributed by atoms with Gasteiger partial charge < -0.3 is 9.84 Å². The molecule has 0 aliphatic carbocycles. The molecular weight excluding hydrogens is 322 g/mol. The molecule has 25 heavy (non-hydrogen) atoms. The zero-order chi connectivity index (χ0) is 18.6. The molecule has 0 radical (unpaired) electrons. The lowest BCUT2D eigenvalue weighted by Gasteiger charge is -2.10. The number of aryl methyl sites for hydroxylation is 2. The summed E-state index contributed by atoms with van der Waals surface area (Å²) >= 11 is 0. The van der Waals surface area contributed by atoms with Crippen molar-refractivity contribution in [3.63, 3.8) is 0 Å². The number of hydrogen-bond acceptors (Lipinski definition) is 4. The largest absolute Gasteiger partial charge is 0.494 e. The molecule has 0 spiro atoms. The van der Waals surface area contributed by atoms with Crippen LogP contribution in [-0.4, -0.2) is 22.6 Å². The van der Waals surface area contributed by atoms with Crippen molar-refractivity contribution >= 4 is 23.3 Å². The molecule has 0 aromatic heterocycles. The highest BCUT2D eigenvalue weighted by atomic mass is 16.6. The summed E-state index contributed by atoms with van der Waals surface area (Å²) in [6.45, 7) is 5.83. The number of rotatable bonds is 6. The third-order valence-electron chi connectivity index (χ3n) is 3.77. The Labute approximate surface area is 145 Å². The smallest absolute Gasteiger partial charge is 0.336 e. The quantitative estimate of drug-likeness (QED) is 0.367. The SMILES string of the molecule is CCOc1ccc(/C(=C/c2ccc(C)c([N+](=O)[O-])c2)C(=O)O)c(C)c1. The third kappa shape index (κ3) is 4.23. The number of nitro benzene ring substituents is 1. The second kappa shape index (κ2) is 7.61. The topological polar surface area (TPSA) is 89.7 Å². The number of nitro groups is 1. The molecule has 0 amide bonds. The summed E-state index contributed by atoms with van der Waals surface area (Å²) in [5, 5.41) is 20.7. The summed E-state index contributed by atoms with van der Waals surface area (Å²) in [4.78, 5) is 22.3. The van der Waals surface area contributed by atoms with Gasteiger partial charge in [-0.25, -0.2) is 4.79 Å². The summed E-state index contributed by atoms with van der Waals surface area (Å²) in [6.07, 6.45) is 1.44. The maximum absolute atomic E-state index is 11.7. The standard InChI is InChI=1S/C19H19NO5/c1-4-25-15-7-8-16(13(3)9-15)17(19(21)22)10-14-6-5-12(2)18(11-14)20(23)24/h5-11H,4H2,1-3H3,(H,21,22)/b17-10-. The van der Waals surface area contributed by atoms with E-state index in [-0.39, 0.29) is 11.3 Å². The van der Waals surface area contributed by atoms with E-state index in [2.05, 4.69) is 0 Å². The van der Waals surface area contributed by atoms with Crippen molar-refractivity contribution < 1.29 is 19.6 Å². The van der Waals surface area contributed by atoms with Gasteiger partial charge in [0.15, 0.2) is 0 Å². The average Bonchev–Trinajstić information content (AvgIpc) is 2.54. The molecule has 2 aromatic carbocycles. The van der Waals surface area contributed by atoms with Crippen LogP contribution in [-0.2, 0) is 4.79 Å². The van der Waals surface area contributed by atoms with Gasteiger partial charge in [0.25, 0.3) is 5.69 Å². The Kier molecular flexibility index (Phi) is 5.54. The van der Waals surface area contributed by atoms with Crippen molar-refractivity contribution in [3.8, 4) is 5.75 Å². The first-order valence-corrected chi connectivity index (χ1v) is 7.77. The molecule has 0 heterocycles. The van der Waals surface area contributed by atoms with Gasteiger partial charge in [0.1, 0.15) is 5.75 Å². The van der Waals surface area contributed by atoms with Crippen LogP contribution in [0.5, 0.6) is 5.75 Å². The predicted molar refractivity (Wildman–Crippen MR) is 95.7 cm³/mol. The second-order valence-electron chi connectivity index (χ2n) is 5.58.